The van der Waals surface area contributed by atoms with Crippen LogP contribution in [0.5, 0.6) is 0 Å². The number of piperidine rings is 2. The Balaban J connectivity index is 1.31. The normalized spacial score (nSPS) is 18.6. The summed E-state index contributed by atoms with van der Waals surface area (Å²) < 4.78 is 14.5. The molecule has 0 atom stereocenters. The van der Waals surface area contributed by atoms with Crippen molar-refractivity contribution < 1.29 is 14.0 Å². The molecule has 0 radical (unpaired) electrons. The Labute approximate surface area is 212 Å². The molecule has 8 nitrogen and oxygen atoms in total. The first-order chi connectivity index (χ1) is 17.4. The molecular weight excluding hydrogens is 459 g/mol. The largest absolute Gasteiger partial charge is 0.395 e. The van der Waals surface area contributed by atoms with Gasteiger partial charge in [-0.25, -0.2) is 9.37 Å². The molecule has 2 fully saturated rings. The van der Waals surface area contributed by atoms with Crippen LogP contribution in [-0.2, 0) is 16.2 Å². The molecule has 2 aromatic heterocycles. The Morgan fingerprint density at radius 1 is 1.11 bits per heavy atom. The van der Waals surface area contributed by atoms with E-state index in [2.05, 4.69) is 20.0 Å². The molecule has 1 amide bonds. The number of carbonyl (C=O) groups is 1. The molecule has 2 aliphatic heterocycles. The standard InChI is InChI=1S/C27H37FN6O2/c1-19(2)18-36-32-25(26-23(28)4-3-10-31-26)21-8-14-34(15-9-21)27(35)22-6-12-33(13-7-22)17-20-5-11-30-24(29)16-20/h3-5,10-11,16,19,21-22H,6-9,12-15,17-18H2,1-2H3,(H2,29,30). The molecule has 0 spiro atoms. The van der Waals surface area contributed by atoms with Crippen molar-refractivity contribution in [2.24, 2.45) is 22.9 Å². The smallest absolute Gasteiger partial charge is 0.225 e. The van der Waals surface area contributed by atoms with Gasteiger partial charge >= 0.3 is 0 Å². The maximum atomic E-state index is 14.5. The van der Waals surface area contributed by atoms with Crippen LogP contribution >= 0.6 is 0 Å². The fourth-order valence-corrected chi connectivity index (χ4v) is 4.96. The van der Waals surface area contributed by atoms with Gasteiger partial charge in [0.1, 0.15) is 23.8 Å². The van der Waals surface area contributed by atoms with Gasteiger partial charge in [0.2, 0.25) is 5.91 Å². The Morgan fingerprint density at radius 3 is 2.50 bits per heavy atom. The first kappa shape index (κ1) is 26.0. The first-order valence-electron chi connectivity index (χ1n) is 12.9. The molecule has 9 heteroatoms. The van der Waals surface area contributed by atoms with Crippen LogP contribution in [0.4, 0.5) is 10.2 Å². The van der Waals surface area contributed by atoms with Crippen molar-refractivity contribution in [3.63, 3.8) is 0 Å². The summed E-state index contributed by atoms with van der Waals surface area (Å²) in [5.41, 5.74) is 7.74. The summed E-state index contributed by atoms with van der Waals surface area (Å²) in [6.07, 6.45) is 6.45. The fourth-order valence-electron chi connectivity index (χ4n) is 4.96. The third-order valence-electron chi connectivity index (χ3n) is 6.95. The molecule has 0 saturated carbocycles. The number of halogens is 1. The van der Waals surface area contributed by atoms with Gasteiger partial charge in [0.05, 0.1) is 0 Å². The lowest BCUT2D eigenvalue weighted by Crippen LogP contribution is -2.46. The van der Waals surface area contributed by atoms with E-state index in [0.29, 0.717) is 50.0 Å². The van der Waals surface area contributed by atoms with E-state index in [9.17, 15) is 9.18 Å². The third kappa shape index (κ3) is 6.78. The molecular formula is C27H37FN6O2. The number of nitrogen functional groups attached to an aromatic ring is 1. The third-order valence-corrected chi connectivity index (χ3v) is 6.95. The van der Waals surface area contributed by atoms with E-state index in [4.69, 9.17) is 10.6 Å². The predicted molar refractivity (Wildman–Crippen MR) is 137 cm³/mol. The van der Waals surface area contributed by atoms with Gasteiger partial charge in [-0.05, 0) is 74.5 Å². The van der Waals surface area contributed by atoms with E-state index in [-0.39, 0.29) is 23.4 Å². The van der Waals surface area contributed by atoms with Crippen LogP contribution in [0.3, 0.4) is 0 Å². The molecule has 2 saturated heterocycles. The van der Waals surface area contributed by atoms with Gasteiger partial charge < -0.3 is 15.5 Å². The van der Waals surface area contributed by atoms with Gasteiger partial charge in [-0.2, -0.15) is 0 Å². The molecule has 0 bridgehead atoms. The van der Waals surface area contributed by atoms with Crippen LogP contribution < -0.4 is 5.73 Å². The van der Waals surface area contributed by atoms with Crippen molar-refractivity contribution in [3.8, 4) is 0 Å². The molecule has 0 unspecified atom stereocenters. The minimum Gasteiger partial charge on any atom is -0.395 e. The zero-order chi connectivity index (χ0) is 25.5. The second-order valence-corrected chi connectivity index (χ2v) is 10.2. The van der Waals surface area contributed by atoms with Crippen LogP contribution in [0.25, 0.3) is 0 Å². The van der Waals surface area contributed by atoms with E-state index >= 15 is 0 Å². The van der Waals surface area contributed by atoms with E-state index < -0.39 is 5.82 Å². The molecule has 0 aromatic carbocycles. The number of pyridine rings is 2. The highest BCUT2D eigenvalue weighted by atomic mass is 19.1. The van der Waals surface area contributed by atoms with Gasteiger partial charge in [-0.3, -0.25) is 14.7 Å². The van der Waals surface area contributed by atoms with Crippen molar-refractivity contribution >= 4 is 17.4 Å². The number of nitrogens with zero attached hydrogens (tertiary/aromatic N) is 5. The number of amides is 1. The van der Waals surface area contributed by atoms with Gasteiger partial charge in [0, 0.05) is 43.9 Å². The minimum absolute atomic E-state index is 0.000239. The quantitative estimate of drug-likeness (QED) is 0.442. The number of hydrogen-bond donors (Lipinski definition) is 1. The van der Waals surface area contributed by atoms with Crippen molar-refractivity contribution in [3.05, 3.63) is 53.7 Å². The first-order valence-corrected chi connectivity index (χ1v) is 12.9. The summed E-state index contributed by atoms with van der Waals surface area (Å²) >= 11 is 0. The average molecular weight is 497 g/mol. The maximum absolute atomic E-state index is 14.5. The van der Waals surface area contributed by atoms with Crippen LogP contribution in [-0.4, -0.2) is 64.2 Å². The van der Waals surface area contributed by atoms with Crippen molar-refractivity contribution in [2.45, 2.75) is 46.1 Å². The van der Waals surface area contributed by atoms with Crippen molar-refractivity contribution in [1.82, 2.24) is 19.8 Å². The Kier molecular flexibility index (Phi) is 8.85. The topological polar surface area (TPSA) is 96.9 Å². The Hall–Kier alpha value is -3.07. The minimum atomic E-state index is -0.399. The lowest BCUT2D eigenvalue weighted by molar-refractivity contribution is -0.138. The van der Waals surface area contributed by atoms with E-state index in [1.54, 1.807) is 18.5 Å². The summed E-state index contributed by atoms with van der Waals surface area (Å²) in [6.45, 7) is 8.42. The molecule has 0 aliphatic carbocycles. The molecule has 4 rings (SSSR count). The van der Waals surface area contributed by atoms with E-state index in [0.717, 1.165) is 38.0 Å². The Morgan fingerprint density at radius 2 is 1.83 bits per heavy atom. The zero-order valence-corrected chi connectivity index (χ0v) is 21.3. The number of rotatable bonds is 8. The molecule has 194 valence electrons. The number of carbonyl (C=O) groups excluding carboxylic acids is 1. The SMILES string of the molecule is CC(C)CON=C(c1ncccc1F)C1CCN(C(=O)C2CCN(Cc3ccnc(N)c3)CC2)CC1. The number of aromatic nitrogens is 2. The highest BCUT2D eigenvalue weighted by Gasteiger charge is 2.33. The number of nitrogens with two attached hydrogens (primary N) is 1. The second kappa shape index (κ2) is 12.3. The summed E-state index contributed by atoms with van der Waals surface area (Å²) in [5.74, 6) is 0.740. The van der Waals surface area contributed by atoms with Crippen LogP contribution in [0, 0.1) is 23.6 Å². The number of hydrogen-bond acceptors (Lipinski definition) is 7. The number of oxime groups is 1. The summed E-state index contributed by atoms with van der Waals surface area (Å²) in [5, 5.41) is 4.32. The highest BCUT2D eigenvalue weighted by molar-refractivity contribution is 6.00. The van der Waals surface area contributed by atoms with Crippen molar-refractivity contribution in [1.29, 1.82) is 0 Å². The van der Waals surface area contributed by atoms with Gasteiger partial charge in [0.15, 0.2) is 5.82 Å². The lowest BCUT2D eigenvalue weighted by Gasteiger charge is -2.37. The predicted octanol–water partition coefficient (Wildman–Crippen LogP) is 3.73. The van der Waals surface area contributed by atoms with Gasteiger partial charge in [-0.1, -0.05) is 19.0 Å². The maximum Gasteiger partial charge on any atom is 0.225 e. The van der Waals surface area contributed by atoms with Gasteiger partial charge in [0.25, 0.3) is 0 Å². The van der Waals surface area contributed by atoms with Crippen LogP contribution in [0.2, 0.25) is 0 Å². The van der Waals surface area contributed by atoms with E-state index in [1.807, 2.05) is 30.9 Å². The molecule has 2 aliphatic rings. The van der Waals surface area contributed by atoms with Crippen molar-refractivity contribution in [2.75, 3.05) is 38.5 Å². The molecule has 4 heterocycles. The average Bonchev–Trinajstić information content (AvgIpc) is 2.87. The van der Waals surface area contributed by atoms with Crippen LogP contribution in [0.15, 0.2) is 41.8 Å². The summed E-state index contributed by atoms with van der Waals surface area (Å²) in [7, 11) is 0. The van der Waals surface area contributed by atoms with Crippen LogP contribution in [0.1, 0.15) is 50.8 Å². The Bertz CT molecular complexity index is 1050. The van der Waals surface area contributed by atoms with Gasteiger partial charge in [-0.15, -0.1) is 0 Å². The molecule has 36 heavy (non-hydrogen) atoms. The highest BCUT2D eigenvalue weighted by Crippen LogP contribution is 2.27. The summed E-state index contributed by atoms with van der Waals surface area (Å²) in [4.78, 5) is 31.4. The molecule has 2 N–H and O–H groups in total. The lowest BCUT2D eigenvalue weighted by atomic mass is 9.88. The zero-order valence-electron chi connectivity index (χ0n) is 21.3. The second-order valence-electron chi connectivity index (χ2n) is 10.2. The monoisotopic (exact) mass is 496 g/mol. The number of anilines is 1. The fraction of sp³-hybridized carbons (Fsp3) is 0.556. The summed E-state index contributed by atoms with van der Waals surface area (Å²) in [6, 6.07) is 6.86. The molecule has 2 aromatic rings. The number of likely N-dealkylation sites (tertiary alicyclic amines) is 2. The van der Waals surface area contributed by atoms with E-state index in [1.165, 1.54) is 6.07 Å².